The van der Waals surface area contributed by atoms with Gasteiger partial charge < -0.3 is 10.7 Å². The molecule has 0 unspecified atom stereocenters. The van der Waals surface area contributed by atoms with Crippen LogP contribution < -0.4 is 5.73 Å². The highest BCUT2D eigenvalue weighted by atomic mass is 79.9. The summed E-state index contributed by atoms with van der Waals surface area (Å²) in [6.45, 7) is 2.87. The predicted molar refractivity (Wildman–Crippen MR) is 101 cm³/mol. The van der Waals surface area contributed by atoms with Gasteiger partial charge in [-0.25, -0.2) is 0 Å². The van der Waals surface area contributed by atoms with Crippen LogP contribution in [0.3, 0.4) is 0 Å². The van der Waals surface area contributed by atoms with E-state index in [0.717, 1.165) is 40.8 Å². The van der Waals surface area contributed by atoms with Gasteiger partial charge in [-0.15, -0.1) is 11.3 Å². The van der Waals surface area contributed by atoms with Crippen LogP contribution in [0.2, 0.25) is 5.02 Å². The van der Waals surface area contributed by atoms with E-state index in [2.05, 4.69) is 46.0 Å². The second-order valence-corrected chi connectivity index (χ2v) is 8.02. The monoisotopic (exact) mass is 396 g/mol. The first kappa shape index (κ1) is 16.1. The van der Waals surface area contributed by atoms with Crippen molar-refractivity contribution in [1.29, 1.82) is 0 Å². The number of aromatic nitrogens is 1. The molecular weight excluding hydrogens is 380 g/mol. The van der Waals surface area contributed by atoms with Crippen molar-refractivity contribution >= 4 is 49.8 Å². The number of unbranched alkanes of at least 4 members (excludes halogenated alkanes) is 1. The molecule has 0 amide bonds. The van der Waals surface area contributed by atoms with Crippen LogP contribution >= 0.6 is 38.9 Å². The lowest BCUT2D eigenvalue weighted by Crippen LogP contribution is -1.99. The van der Waals surface area contributed by atoms with Gasteiger partial charge in [0, 0.05) is 19.8 Å². The summed E-state index contributed by atoms with van der Waals surface area (Å²) in [5.74, 6) is 0. The van der Waals surface area contributed by atoms with Crippen molar-refractivity contribution in [2.45, 2.75) is 26.2 Å². The second kappa shape index (κ2) is 6.75. The molecule has 0 radical (unpaired) electrons. The molecule has 0 aliphatic carbocycles. The third-order valence-electron chi connectivity index (χ3n) is 3.80. The number of hydrogen-bond acceptors (Lipinski definition) is 2. The minimum atomic E-state index is 0.736. The maximum absolute atomic E-state index is 6.26. The lowest BCUT2D eigenvalue weighted by Gasteiger charge is -2.03. The highest BCUT2D eigenvalue weighted by Crippen LogP contribution is 2.38. The SMILES string of the molecule is Cc1ccc(-c2[nH]c3c(Br)cc(Cl)cc3c2CCCCN)s1. The Balaban J connectivity index is 2.16. The fourth-order valence-corrected chi connectivity index (χ4v) is 4.56. The van der Waals surface area contributed by atoms with Gasteiger partial charge >= 0.3 is 0 Å². The van der Waals surface area contributed by atoms with E-state index in [1.807, 2.05) is 17.4 Å². The Morgan fingerprint density at radius 1 is 1.27 bits per heavy atom. The van der Waals surface area contributed by atoms with Crippen molar-refractivity contribution in [3.05, 3.63) is 44.2 Å². The summed E-state index contributed by atoms with van der Waals surface area (Å²) >= 11 is 11.7. The molecule has 3 aromatic rings. The van der Waals surface area contributed by atoms with Gasteiger partial charge in [0.1, 0.15) is 0 Å². The smallest absolute Gasteiger partial charge is 0.0607 e. The Morgan fingerprint density at radius 2 is 2.09 bits per heavy atom. The number of thiophene rings is 1. The van der Waals surface area contributed by atoms with Gasteiger partial charge in [-0.2, -0.15) is 0 Å². The maximum atomic E-state index is 6.26. The first-order valence-electron chi connectivity index (χ1n) is 7.36. The lowest BCUT2D eigenvalue weighted by atomic mass is 10.0. The van der Waals surface area contributed by atoms with Crippen molar-refractivity contribution in [3.63, 3.8) is 0 Å². The zero-order valence-electron chi connectivity index (χ0n) is 12.4. The molecule has 2 nitrogen and oxygen atoms in total. The molecule has 22 heavy (non-hydrogen) atoms. The van der Waals surface area contributed by atoms with Crippen molar-refractivity contribution in [1.82, 2.24) is 4.98 Å². The van der Waals surface area contributed by atoms with Crippen LogP contribution in [0.25, 0.3) is 21.5 Å². The number of fused-ring (bicyclic) bond motifs is 1. The number of aromatic amines is 1. The average Bonchev–Trinajstić information content (AvgIpc) is 3.04. The molecule has 0 aliphatic heterocycles. The van der Waals surface area contributed by atoms with E-state index in [-0.39, 0.29) is 0 Å². The summed E-state index contributed by atoms with van der Waals surface area (Å²) in [5, 5.41) is 1.96. The zero-order valence-corrected chi connectivity index (χ0v) is 15.5. The van der Waals surface area contributed by atoms with Crippen LogP contribution in [0.5, 0.6) is 0 Å². The van der Waals surface area contributed by atoms with Crippen LogP contribution in [0.15, 0.2) is 28.7 Å². The lowest BCUT2D eigenvalue weighted by molar-refractivity contribution is 0.748. The molecule has 0 atom stereocenters. The number of nitrogens with two attached hydrogens (primary N) is 1. The molecule has 0 fully saturated rings. The van der Waals surface area contributed by atoms with E-state index >= 15 is 0 Å². The van der Waals surface area contributed by atoms with Gasteiger partial charge in [0.15, 0.2) is 0 Å². The Labute approximate surface area is 147 Å². The summed E-state index contributed by atoms with van der Waals surface area (Å²) < 4.78 is 1.01. The minimum absolute atomic E-state index is 0.736. The number of hydrogen-bond donors (Lipinski definition) is 2. The topological polar surface area (TPSA) is 41.8 Å². The predicted octanol–water partition coefficient (Wildman–Crippen LogP) is 5.90. The standard InChI is InChI=1S/C17H18BrClN2S/c1-10-5-6-15(22-10)17-12(4-2-3-7-20)13-8-11(19)9-14(18)16(13)21-17/h5-6,8-9,21H,2-4,7,20H2,1H3. The zero-order chi connectivity index (χ0) is 15.7. The van der Waals surface area contributed by atoms with Crippen molar-refractivity contribution < 1.29 is 0 Å². The third-order valence-corrected chi connectivity index (χ3v) is 5.66. The Bertz CT molecular complexity index is 806. The summed E-state index contributed by atoms with van der Waals surface area (Å²) in [4.78, 5) is 6.19. The van der Waals surface area contributed by atoms with Crippen LogP contribution in [0, 0.1) is 6.92 Å². The summed E-state index contributed by atoms with van der Waals surface area (Å²) in [6.07, 6.45) is 3.14. The number of rotatable bonds is 5. The number of aryl methyl sites for hydroxylation is 2. The van der Waals surface area contributed by atoms with Crippen LogP contribution in [-0.2, 0) is 6.42 Å². The van der Waals surface area contributed by atoms with Gasteiger partial charge in [0.2, 0.25) is 0 Å². The fraction of sp³-hybridized carbons (Fsp3) is 0.294. The fourth-order valence-electron chi connectivity index (χ4n) is 2.76. The first-order chi connectivity index (χ1) is 10.6. The van der Waals surface area contributed by atoms with Crippen molar-refractivity contribution in [2.24, 2.45) is 5.73 Å². The number of benzene rings is 1. The third kappa shape index (κ3) is 3.11. The quantitative estimate of drug-likeness (QED) is 0.517. The van der Waals surface area contributed by atoms with Crippen LogP contribution in [-0.4, -0.2) is 11.5 Å². The largest absolute Gasteiger partial charge is 0.353 e. The molecule has 3 N–H and O–H groups in total. The highest BCUT2D eigenvalue weighted by Gasteiger charge is 2.16. The molecule has 2 heterocycles. The Kier molecular flexibility index (Phi) is 4.93. The van der Waals surface area contributed by atoms with Gasteiger partial charge in [0.25, 0.3) is 0 Å². The van der Waals surface area contributed by atoms with E-state index in [1.165, 1.54) is 26.4 Å². The Hall–Kier alpha value is -0.810. The highest BCUT2D eigenvalue weighted by molar-refractivity contribution is 9.10. The first-order valence-corrected chi connectivity index (χ1v) is 9.35. The average molecular weight is 398 g/mol. The van der Waals surface area contributed by atoms with E-state index in [1.54, 1.807) is 0 Å². The molecular formula is C17H18BrClN2S. The number of halogens is 2. The molecule has 0 aliphatic rings. The van der Waals surface area contributed by atoms with E-state index in [4.69, 9.17) is 17.3 Å². The summed E-state index contributed by atoms with van der Waals surface area (Å²) in [5.41, 5.74) is 9.32. The molecule has 0 bridgehead atoms. The van der Waals surface area contributed by atoms with Crippen molar-refractivity contribution in [3.8, 4) is 10.6 Å². The molecule has 3 rings (SSSR count). The molecule has 116 valence electrons. The van der Waals surface area contributed by atoms with Gasteiger partial charge in [-0.05, 0) is 78.5 Å². The van der Waals surface area contributed by atoms with E-state index in [0.29, 0.717) is 0 Å². The molecule has 0 spiro atoms. The molecule has 1 aromatic carbocycles. The molecule has 2 aromatic heterocycles. The maximum Gasteiger partial charge on any atom is 0.0607 e. The van der Waals surface area contributed by atoms with Gasteiger partial charge in [-0.3, -0.25) is 0 Å². The Morgan fingerprint density at radius 3 is 2.77 bits per heavy atom. The van der Waals surface area contributed by atoms with E-state index in [9.17, 15) is 0 Å². The van der Waals surface area contributed by atoms with Crippen molar-refractivity contribution in [2.75, 3.05) is 6.54 Å². The molecule has 5 heteroatoms. The van der Waals surface area contributed by atoms with E-state index < -0.39 is 0 Å². The van der Waals surface area contributed by atoms with Gasteiger partial charge in [0.05, 0.1) is 16.1 Å². The van der Waals surface area contributed by atoms with Crippen LogP contribution in [0.1, 0.15) is 23.3 Å². The van der Waals surface area contributed by atoms with Crippen LogP contribution in [0.4, 0.5) is 0 Å². The summed E-state index contributed by atoms with van der Waals surface area (Å²) in [7, 11) is 0. The number of nitrogens with one attached hydrogen (secondary N) is 1. The minimum Gasteiger partial charge on any atom is -0.353 e. The normalized spacial score (nSPS) is 11.5. The second-order valence-electron chi connectivity index (χ2n) is 5.44. The summed E-state index contributed by atoms with van der Waals surface area (Å²) in [6, 6.07) is 8.34. The molecule has 0 saturated carbocycles. The molecule has 0 saturated heterocycles. The number of H-pyrrole nitrogens is 1. The van der Waals surface area contributed by atoms with Gasteiger partial charge in [-0.1, -0.05) is 11.6 Å².